The van der Waals surface area contributed by atoms with Crippen LogP contribution in [0.25, 0.3) is 0 Å². The number of nitriles is 1. The summed E-state index contributed by atoms with van der Waals surface area (Å²) in [6, 6.07) is 8.55. The molecule has 9 heteroatoms. The van der Waals surface area contributed by atoms with E-state index in [0.29, 0.717) is 5.02 Å². The van der Waals surface area contributed by atoms with Gasteiger partial charge in [0.1, 0.15) is 23.7 Å². The van der Waals surface area contributed by atoms with Gasteiger partial charge in [-0.2, -0.15) is 9.57 Å². The third-order valence-electron chi connectivity index (χ3n) is 4.48. The lowest BCUT2D eigenvalue weighted by molar-refractivity contribution is 0.240. The van der Waals surface area contributed by atoms with Crippen molar-refractivity contribution in [2.75, 3.05) is 13.1 Å². The van der Waals surface area contributed by atoms with E-state index in [2.05, 4.69) is 4.98 Å². The third kappa shape index (κ3) is 4.75. The van der Waals surface area contributed by atoms with Gasteiger partial charge in [-0.05, 0) is 36.3 Å². The first-order valence-electron chi connectivity index (χ1n) is 9.02. The molecule has 0 bridgehead atoms. The minimum atomic E-state index is -3.83. The lowest BCUT2D eigenvalue weighted by atomic mass is 10.1. The summed E-state index contributed by atoms with van der Waals surface area (Å²) in [5, 5.41) is 9.10. The van der Waals surface area contributed by atoms with E-state index < -0.39 is 21.9 Å². The predicted octanol–water partition coefficient (Wildman–Crippen LogP) is 3.92. The summed E-state index contributed by atoms with van der Waals surface area (Å²) in [4.78, 5) is 3.92. The van der Waals surface area contributed by atoms with E-state index in [1.54, 1.807) is 6.07 Å². The van der Waals surface area contributed by atoms with Crippen LogP contribution in [0.1, 0.15) is 25.3 Å². The van der Waals surface area contributed by atoms with Crippen molar-refractivity contribution in [3.8, 4) is 11.8 Å². The normalized spacial score (nSPS) is 18.7. The molecule has 2 heterocycles. The second kappa shape index (κ2) is 8.91. The van der Waals surface area contributed by atoms with Gasteiger partial charge in [-0.15, -0.1) is 0 Å². The number of benzene rings is 1. The van der Waals surface area contributed by atoms with E-state index in [1.165, 1.54) is 34.8 Å². The fourth-order valence-corrected chi connectivity index (χ4v) is 4.42. The SMILES string of the molecule is CCC/C=C1\CN(S(=O)(=O)c2ccc(Cl)cn2)C[C@@H]1Oc1ccc(C#N)c(F)c1. The number of pyridine rings is 1. The van der Waals surface area contributed by atoms with Crippen LogP contribution in [-0.4, -0.2) is 36.9 Å². The van der Waals surface area contributed by atoms with Crippen LogP contribution in [0, 0.1) is 17.1 Å². The Kier molecular flexibility index (Phi) is 6.52. The maximum absolute atomic E-state index is 13.9. The number of ether oxygens (including phenoxy) is 1. The summed E-state index contributed by atoms with van der Waals surface area (Å²) >= 11 is 5.80. The van der Waals surface area contributed by atoms with Gasteiger partial charge in [-0.25, -0.2) is 17.8 Å². The molecule has 3 rings (SSSR count). The number of halogens is 2. The Hall–Kier alpha value is -2.47. The Balaban J connectivity index is 1.86. The van der Waals surface area contributed by atoms with E-state index in [-0.39, 0.29) is 29.4 Å². The summed E-state index contributed by atoms with van der Waals surface area (Å²) in [5.74, 6) is -0.449. The molecular formula is C20H19ClFN3O3S. The first-order chi connectivity index (χ1) is 13.8. The van der Waals surface area contributed by atoms with Crippen molar-refractivity contribution < 1.29 is 17.5 Å². The second-order valence-corrected chi connectivity index (χ2v) is 8.86. The summed E-state index contributed by atoms with van der Waals surface area (Å²) < 4.78 is 47.0. The first-order valence-corrected chi connectivity index (χ1v) is 10.8. The molecule has 1 atom stereocenters. The van der Waals surface area contributed by atoms with Gasteiger partial charge in [0, 0.05) is 18.8 Å². The van der Waals surface area contributed by atoms with Crippen LogP contribution in [0.2, 0.25) is 5.02 Å². The van der Waals surface area contributed by atoms with E-state index >= 15 is 0 Å². The zero-order valence-electron chi connectivity index (χ0n) is 15.7. The van der Waals surface area contributed by atoms with Crippen molar-refractivity contribution in [2.24, 2.45) is 0 Å². The molecule has 0 saturated carbocycles. The topological polar surface area (TPSA) is 83.3 Å². The van der Waals surface area contributed by atoms with Crippen LogP contribution in [-0.2, 0) is 10.0 Å². The van der Waals surface area contributed by atoms with Gasteiger partial charge < -0.3 is 4.74 Å². The minimum absolute atomic E-state index is 0.0732. The number of allylic oxidation sites excluding steroid dienone is 1. The zero-order valence-corrected chi connectivity index (χ0v) is 17.3. The molecule has 1 aliphatic heterocycles. The number of sulfonamides is 1. The van der Waals surface area contributed by atoms with Crippen molar-refractivity contribution in [1.82, 2.24) is 9.29 Å². The lowest BCUT2D eigenvalue weighted by Crippen LogP contribution is -2.31. The molecule has 1 aromatic heterocycles. The van der Waals surface area contributed by atoms with Crippen LogP contribution in [0.5, 0.6) is 5.75 Å². The molecule has 29 heavy (non-hydrogen) atoms. The fraction of sp³-hybridized carbons (Fsp3) is 0.300. The van der Waals surface area contributed by atoms with Crippen LogP contribution >= 0.6 is 11.6 Å². The summed E-state index contributed by atoms with van der Waals surface area (Å²) in [5.41, 5.74) is 0.720. The van der Waals surface area contributed by atoms with Crippen molar-refractivity contribution in [3.63, 3.8) is 0 Å². The lowest BCUT2D eigenvalue weighted by Gasteiger charge is -2.17. The van der Waals surface area contributed by atoms with Gasteiger partial charge in [0.05, 0.1) is 17.1 Å². The minimum Gasteiger partial charge on any atom is -0.485 e. The molecule has 2 aromatic rings. The summed E-state index contributed by atoms with van der Waals surface area (Å²) in [7, 11) is -3.83. The van der Waals surface area contributed by atoms with E-state index in [9.17, 15) is 12.8 Å². The number of unbranched alkanes of at least 4 members (excludes halogenated alkanes) is 1. The van der Waals surface area contributed by atoms with Gasteiger partial charge in [0.15, 0.2) is 5.03 Å². The molecule has 0 aliphatic carbocycles. The molecule has 0 N–H and O–H groups in total. The molecule has 0 spiro atoms. The largest absolute Gasteiger partial charge is 0.485 e. The monoisotopic (exact) mass is 435 g/mol. The Bertz CT molecular complexity index is 1070. The molecule has 0 amide bonds. The number of nitrogens with zero attached hydrogens (tertiary/aromatic N) is 3. The molecule has 0 unspecified atom stereocenters. The third-order valence-corrected chi connectivity index (χ3v) is 6.43. The Morgan fingerprint density at radius 1 is 1.41 bits per heavy atom. The highest BCUT2D eigenvalue weighted by atomic mass is 35.5. The number of rotatable bonds is 6. The standard InChI is InChI=1S/C20H19ClFN3O3S/c1-2-3-4-15-12-25(29(26,27)20-8-6-16(21)11-24-20)13-19(15)28-17-7-5-14(10-23)18(22)9-17/h4-9,11,19H,2-3,12-13H2,1H3/b15-4+/t19-/m0/s1. The van der Waals surface area contributed by atoms with Gasteiger partial charge in [-0.1, -0.05) is 31.0 Å². The summed E-state index contributed by atoms with van der Waals surface area (Å²) in [6.07, 6.45) is 4.34. The van der Waals surface area contributed by atoms with Crippen molar-refractivity contribution in [1.29, 1.82) is 5.26 Å². The quantitative estimate of drug-likeness (QED) is 0.642. The van der Waals surface area contributed by atoms with Crippen LogP contribution < -0.4 is 4.74 Å². The highest BCUT2D eigenvalue weighted by Gasteiger charge is 2.37. The Labute approximate surface area is 174 Å². The maximum Gasteiger partial charge on any atom is 0.260 e. The van der Waals surface area contributed by atoms with Crippen molar-refractivity contribution in [2.45, 2.75) is 30.9 Å². The highest BCUT2D eigenvalue weighted by molar-refractivity contribution is 7.89. The molecule has 1 fully saturated rings. The highest BCUT2D eigenvalue weighted by Crippen LogP contribution is 2.28. The van der Waals surface area contributed by atoms with Gasteiger partial charge in [0.2, 0.25) is 0 Å². The smallest absolute Gasteiger partial charge is 0.260 e. The molecule has 1 aromatic carbocycles. The van der Waals surface area contributed by atoms with Crippen LogP contribution in [0.3, 0.4) is 0 Å². The fourth-order valence-electron chi connectivity index (χ4n) is 2.97. The Morgan fingerprint density at radius 2 is 2.21 bits per heavy atom. The maximum atomic E-state index is 13.9. The van der Waals surface area contributed by atoms with E-state index in [0.717, 1.165) is 24.5 Å². The van der Waals surface area contributed by atoms with Gasteiger partial charge >= 0.3 is 0 Å². The van der Waals surface area contributed by atoms with Crippen molar-refractivity contribution in [3.05, 3.63) is 64.6 Å². The predicted molar refractivity (Wildman–Crippen MR) is 107 cm³/mol. The van der Waals surface area contributed by atoms with Crippen molar-refractivity contribution >= 4 is 21.6 Å². The average Bonchev–Trinajstić information content (AvgIpc) is 3.10. The molecule has 0 radical (unpaired) electrons. The number of aromatic nitrogens is 1. The van der Waals surface area contributed by atoms with E-state index in [4.69, 9.17) is 21.6 Å². The molecule has 1 saturated heterocycles. The van der Waals surface area contributed by atoms with E-state index in [1.807, 2.05) is 13.0 Å². The molecular weight excluding hydrogens is 417 g/mol. The zero-order chi connectivity index (χ0) is 21.0. The molecule has 6 nitrogen and oxygen atoms in total. The molecule has 1 aliphatic rings. The van der Waals surface area contributed by atoms with Crippen LogP contribution in [0.4, 0.5) is 4.39 Å². The second-order valence-electron chi connectivity index (χ2n) is 6.54. The summed E-state index contributed by atoms with van der Waals surface area (Å²) in [6.45, 7) is 2.25. The van der Waals surface area contributed by atoms with Gasteiger partial charge in [0.25, 0.3) is 10.0 Å². The number of hydrogen-bond donors (Lipinski definition) is 0. The number of hydrogen-bond acceptors (Lipinski definition) is 5. The van der Waals surface area contributed by atoms with Crippen LogP contribution in [0.15, 0.2) is 53.2 Å². The van der Waals surface area contributed by atoms with Gasteiger partial charge in [-0.3, -0.25) is 0 Å². The average molecular weight is 436 g/mol. The molecule has 152 valence electrons. The Morgan fingerprint density at radius 3 is 2.83 bits per heavy atom. The first kappa shape index (κ1) is 21.2.